The maximum Gasteiger partial charge on any atom is 0.494 e. The molecule has 5 nitrogen and oxygen atoms in total. The van der Waals surface area contributed by atoms with Crippen molar-refractivity contribution in [2.45, 2.75) is 45.4 Å². The van der Waals surface area contributed by atoms with E-state index in [1.165, 1.54) is 0 Å². The summed E-state index contributed by atoms with van der Waals surface area (Å²) in [6.07, 6.45) is 0. The molecule has 0 unspecified atom stereocenters. The van der Waals surface area contributed by atoms with Crippen LogP contribution >= 0.6 is 0 Å². The summed E-state index contributed by atoms with van der Waals surface area (Å²) in [4.78, 5) is 16.5. The number of amides is 1. The molecule has 1 aromatic carbocycles. The highest BCUT2D eigenvalue weighted by Crippen LogP contribution is 2.36. The van der Waals surface area contributed by atoms with E-state index in [-0.39, 0.29) is 24.2 Å². The van der Waals surface area contributed by atoms with Crippen LogP contribution < -0.4 is 5.46 Å². The van der Waals surface area contributed by atoms with E-state index in [2.05, 4.69) is 11.0 Å². The minimum absolute atomic E-state index is 0.118. The fourth-order valence-corrected chi connectivity index (χ4v) is 3.03. The van der Waals surface area contributed by atoms with Crippen molar-refractivity contribution in [3.63, 3.8) is 0 Å². The Hall–Kier alpha value is -1.37. The molecule has 0 saturated carbocycles. The first kappa shape index (κ1) is 17.5. The molecule has 0 N–H and O–H groups in total. The number of carbonyl (C=O) groups excluding carboxylic acids is 1. The molecule has 24 heavy (non-hydrogen) atoms. The largest absolute Gasteiger partial charge is 0.494 e. The number of hydrogen-bond donors (Lipinski definition) is 0. The molecule has 1 aromatic rings. The van der Waals surface area contributed by atoms with Gasteiger partial charge in [-0.3, -0.25) is 4.79 Å². The Morgan fingerprint density at radius 1 is 1.17 bits per heavy atom. The predicted molar refractivity (Wildman–Crippen MR) is 95.5 cm³/mol. The smallest absolute Gasteiger partial charge is 0.399 e. The van der Waals surface area contributed by atoms with Gasteiger partial charge in [-0.1, -0.05) is 12.1 Å². The normalized spacial score (nSPS) is 21.7. The number of carbonyl (C=O) groups is 1. The molecule has 0 radical (unpaired) electrons. The van der Waals surface area contributed by atoms with Gasteiger partial charge in [0.05, 0.1) is 11.2 Å². The van der Waals surface area contributed by atoms with Gasteiger partial charge in [0, 0.05) is 25.2 Å². The second kappa shape index (κ2) is 5.86. The van der Waals surface area contributed by atoms with Gasteiger partial charge < -0.3 is 19.1 Å². The van der Waals surface area contributed by atoms with Crippen molar-refractivity contribution in [1.29, 1.82) is 0 Å². The molecular formula is C18H27BN2O3. The van der Waals surface area contributed by atoms with Crippen LogP contribution in [-0.2, 0) is 15.9 Å². The molecule has 0 atom stereocenters. The first-order valence-corrected chi connectivity index (χ1v) is 8.53. The van der Waals surface area contributed by atoms with Gasteiger partial charge in [0.1, 0.15) is 0 Å². The van der Waals surface area contributed by atoms with Crippen LogP contribution in [0.5, 0.6) is 0 Å². The van der Waals surface area contributed by atoms with Gasteiger partial charge in [0.25, 0.3) is 5.91 Å². The van der Waals surface area contributed by atoms with E-state index < -0.39 is 0 Å². The summed E-state index contributed by atoms with van der Waals surface area (Å²) in [5.74, 6) is 0.118. The van der Waals surface area contributed by atoms with E-state index in [0.29, 0.717) is 6.54 Å². The summed E-state index contributed by atoms with van der Waals surface area (Å²) in [7, 11) is 3.65. The monoisotopic (exact) mass is 330 g/mol. The average molecular weight is 330 g/mol. The Bertz CT molecular complexity index is 642. The molecule has 1 amide bonds. The summed E-state index contributed by atoms with van der Waals surface area (Å²) in [6, 6.07) is 5.92. The Labute approximate surface area is 145 Å². The Morgan fingerprint density at radius 2 is 1.79 bits per heavy atom. The fraction of sp³-hybridized carbons (Fsp3) is 0.611. The maximum atomic E-state index is 12.5. The Balaban J connectivity index is 1.78. The van der Waals surface area contributed by atoms with Crippen molar-refractivity contribution >= 4 is 18.5 Å². The van der Waals surface area contributed by atoms with Gasteiger partial charge in [0.15, 0.2) is 0 Å². The summed E-state index contributed by atoms with van der Waals surface area (Å²) in [6.45, 7) is 10.5. The van der Waals surface area contributed by atoms with Crippen LogP contribution in [0.3, 0.4) is 0 Å². The zero-order valence-corrected chi connectivity index (χ0v) is 15.5. The Kier molecular flexibility index (Phi) is 4.27. The lowest BCUT2D eigenvalue weighted by Gasteiger charge is -2.32. The molecule has 6 heteroatoms. The molecule has 0 aromatic heterocycles. The van der Waals surface area contributed by atoms with Crippen LogP contribution in [0, 0.1) is 0 Å². The van der Waals surface area contributed by atoms with Crippen LogP contribution in [-0.4, -0.2) is 61.2 Å². The highest BCUT2D eigenvalue weighted by atomic mass is 16.7. The van der Waals surface area contributed by atoms with Gasteiger partial charge in [-0.05, 0) is 58.9 Å². The van der Waals surface area contributed by atoms with E-state index in [1.807, 2.05) is 58.8 Å². The zero-order valence-electron chi connectivity index (χ0n) is 15.5. The molecule has 1 saturated heterocycles. The first-order chi connectivity index (χ1) is 11.1. The van der Waals surface area contributed by atoms with E-state index in [1.54, 1.807) is 0 Å². The quantitative estimate of drug-likeness (QED) is 0.785. The van der Waals surface area contributed by atoms with Gasteiger partial charge in [-0.2, -0.15) is 0 Å². The predicted octanol–water partition coefficient (Wildman–Crippen LogP) is 1.50. The van der Waals surface area contributed by atoms with Crippen LogP contribution in [0.4, 0.5) is 0 Å². The minimum atomic E-state index is -0.383. The lowest BCUT2D eigenvalue weighted by molar-refractivity contribution is 0.00578. The molecule has 2 aliphatic rings. The molecule has 130 valence electrons. The third kappa shape index (κ3) is 2.98. The van der Waals surface area contributed by atoms with Crippen molar-refractivity contribution in [1.82, 2.24) is 9.80 Å². The van der Waals surface area contributed by atoms with E-state index in [4.69, 9.17) is 9.31 Å². The van der Waals surface area contributed by atoms with Crippen LogP contribution in [0.25, 0.3) is 0 Å². The van der Waals surface area contributed by atoms with E-state index in [9.17, 15) is 4.79 Å². The summed E-state index contributed by atoms with van der Waals surface area (Å²) in [5, 5.41) is 0. The minimum Gasteiger partial charge on any atom is -0.399 e. The number of likely N-dealkylation sites (N-methyl/N-ethyl adjacent to an activating group) is 1. The average Bonchev–Trinajstić information content (AvgIpc) is 2.90. The van der Waals surface area contributed by atoms with Crippen LogP contribution in [0.1, 0.15) is 43.6 Å². The fourth-order valence-electron chi connectivity index (χ4n) is 3.03. The van der Waals surface area contributed by atoms with Crippen molar-refractivity contribution in [2.75, 3.05) is 27.2 Å². The van der Waals surface area contributed by atoms with Crippen LogP contribution in [0.15, 0.2) is 18.2 Å². The summed E-state index contributed by atoms with van der Waals surface area (Å²) in [5.41, 5.74) is 2.13. The summed E-state index contributed by atoms with van der Waals surface area (Å²) < 4.78 is 12.2. The molecular weight excluding hydrogens is 303 g/mol. The third-order valence-electron chi connectivity index (χ3n) is 5.35. The van der Waals surface area contributed by atoms with E-state index >= 15 is 0 Å². The molecule has 0 spiro atoms. The third-order valence-corrected chi connectivity index (χ3v) is 5.35. The van der Waals surface area contributed by atoms with Crippen molar-refractivity contribution in [3.05, 3.63) is 29.3 Å². The molecule has 3 rings (SSSR count). The molecule has 1 fully saturated rings. The zero-order chi connectivity index (χ0) is 17.7. The molecule has 2 heterocycles. The molecule has 0 bridgehead atoms. The number of benzene rings is 1. The van der Waals surface area contributed by atoms with Gasteiger partial charge >= 0.3 is 7.12 Å². The van der Waals surface area contributed by atoms with E-state index in [0.717, 1.165) is 29.7 Å². The Morgan fingerprint density at radius 3 is 2.38 bits per heavy atom. The van der Waals surface area contributed by atoms with Crippen molar-refractivity contribution < 1.29 is 14.1 Å². The number of nitrogens with zero attached hydrogens (tertiary/aromatic N) is 2. The van der Waals surface area contributed by atoms with Gasteiger partial charge in [-0.15, -0.1) is 0 Å². The number of hydrogen-bond acceptors (Lipinski definition) is 4. The summed E-state index contributed by atoms with van der Waals surface area (Å²) >= 11 is 0. The molecule has 0 aliphatic carbocycles. The molecule has 2 aliphatic heterocycles. The van der Waals surface area contributed by atoms with Crippen LogP contribution in [0.2, 0.25) is 0 Å². The SMILES string of the molecule is CN(C)CCN1Cc2cc(B3OC(C)(C)C(C)(C)O3)ccc2C1=O. The maximum absolute atomic E-state index is 12.5. The highest BCUT2D eigenvalue weighted by molar-refractivity contribution is 6.62. The van der Waals surface area contributed by atoms with Gasteiger partial charge in [0.2, 0.25) is 0 Å². The number of rotatable bonds is 4. The van der Waals surface area contributed by atoms with Crippen molar-refractivity contribution in [3.8, 4) is 0 Å². The van der Waals surface area contributed by atoms with Crippen molar-refractivity contribution in [2.24, 2.45) is 0 Å². The standard InChI is InChI=1S/C18H27BN2O3/c1-17(2)18(3,4)24-19(23-17)14-7-8-15-13(11-14)12-21(16(15)22)10-9-20(5)6/h7-8,11H,9-10,12H2,1-6H3. The highest BCUT2D eigenvalue weighted by Gasteiger charge is 2.51. The second-order valence-corrected chi connectivity index (χ2v) is 8.03. The lowest BCUT2D eigenvalue weighted by atomic mass is 9.78. The topological polar surface area (TPSA) is 42.0 Å². The lowest BCUT2D eigenvalue weighted by Crippen LogP contribution is -2.41. The first-order valence-electron chi connectivity index (χ1n) is 8.53. The number of fused-ring (bicyclic) bond motifs is 1. The second-order valence-electron chi connectivity index (χ2n) is 8.03. The van der Waals surface area contributed by atoms with Gasteiger partial charge in [-0.25, -0.2) is 0 Å².